The number of guanidine groups is 1. The van der Waals surface area contributed by atoms with Gasteiger partial charge in [-0.05, 0) is 17.0 Å². The van der Waals surface area contributed by atoms with Crippen LogP contribution in [-0.2, 0) is 16.9 Å². The number of hydrogen-bond donors (Lipinski definition) is 2. The summed E-state index contributed by atoms with van der Waals surface area (Å²) in [7, 11) is -3.50. The van der Waals surface area contributed by atoms with Crippen LogP contribution in [0.5, 0.6) is 5.75 Å². The molecular weight excluding hydrogens is 310 g/mol. The molecule has 0 saturated carbocycles. The maximum atomic E-state index is 8.52. The summed E-state index contributed by atoms with van der Waals surface area (Å²) in [5, 5.41) is 2.18. The quantitative estimate of drug-likeness (QED) is 0.355. The molecule has 0 atom stereocenters. The Labute approximate surface area is 128 Å². The topological polar surface area (TPSA) is 154 Å². The van der Waals surface area contributed by atoms with Crippen molar-refractivity contribution in [3.8, 4) is 5.75 Å². The van der Waals surface area contributed by atoms with Gasteiger partial charge in [0.2, 0.25) is 0 Å². The van der Waals surface area contributed by atoms with Crippen LogP contribution in [0.15, 0.2) is 41.4 Å². The van der Waals surface area contributed by atoms with Gasteiger partial charge in [-0.15, -0.1) is 0 Å². The smallest absolute Gasteiger partial charge is 0.186 e. The van der Waals surface area contributed by atoms with E-state index in [1.54, 1.807) is 7.11 Å². The Morgan fingerprint density at radius 1 is 1.14 bits per heavy atom. The van der Waals surface area contributed by atoms with E-state index in [4.69, 9.17) is 33.7 Å². The van der Waals surface area contributed by atoms with Crippen molar-refractivity contribution >= 4 is 27.1 Å². The van der Waals surface area contributed by atoms with Crippen molar-refractivity contribution in [2.24, 2.45) is 16.5 Å². The van der Waals surface area contributed by atoms with Crippen molar-refractivity contribution < 1.29 is 22.3 Å². The molecule has 0 aromatic heterocycles. The number of hydrogen-bond acceptors (Lipinski definition) is 6. The van der Waals surface area contributed by atoms with Crippen molar-refractivity contribution in [2.45, 2.75) is 6.54 Å². The van der Waals surface area contributed by atoms with Crippen molar-refractivity contribution in [3.05, 3.63) is 42.0 Å². The predicted molar refractivity (Wildman–Crippen MR) is 80.5 cm³/mol. The van der Waals surface area contributed by atoms with Gasteiger partial charge in [0.25, 0.3) is 0 Å². The lowest BCUT2D eigenvalue weighted by molar-refractivity contribution is 0.352. The SMILES string of the molecule is COc1ccc(CN=C(N)N)c2ccccc12.O=S(=O)([O-])[O-]. The molecule has 0 saturated heterocycles. The fourth-order valence-corrected chi connectivity index (χ4v) is 1.83. The Hall–Kier alpha value is -2.36. The number of ether oxygens (including phenoxy) is 1. The molecule has 0 heterocycles. The Morgan fingerprint density at radius 2 is 1.68 bits per heavy atom. The lowest BCUT2D eigenvalue weighted by atomic mass is 10.0. The second-order valence-corrected chi connectivity index (χ2v) is 4.94. The number of benzene rings is 2. The molecule has 22 heavy (non-hydrogen) atoms. The largest absolute Gasteiger partial charge is 0.759 e. The minimum absolute atomic E-state index is 0.102. The molecule has 0 aliphatic carbocycles. The Morgan fingerprint density at radius 3 is 2.18 bits per heavy atom. The summed E-state index contributed by atoms with van der Waals surface area (Å²) in [4.78, 5) is 4.03. The maximum absolute atomic E-state index is 8.52. The van der Waals surface area contributed by atoms with Crippen molar-refractivity contribution in [2.75, 3.05) is 7.11 Å². The standard InChI is InChI=1S/C13H15N3O.H2O4S/c1-17-12-7-6-9(8-16-13(14)15)10-4-2-3-5-11(10)12;1-5(2,3)4/h2-7H,8H2,1H3,(H4,14,15,16);(H2,1,2,3,4)/p-2. The van der Waals surface area contributed by atoms with Crippen LogP contribution in [0.1, 0.15) is 5.56 Å². The lowest BCUT2D eigenvalue weighted by Crippen LogP contribution is -2.22. The minimum Gasteiger partial charge on any atom is -0.759 e. The number of aliphatic imine (C=N–C) groups is 1. The van der Waals surface area contributed by atoms with Crippen LogP contribution >= 0.6 is 0 Å². The van der Waals surface area contributed by atoms with E-state index in [1.807, 2.05) is 36.4 Å². The maximum Gasteiger partial charge on any atom is 0.186 e. The van der Waals surface area contributed by atoms with E-state index >= 15 is 0 Å². The van der Waals surface area contributed by atoms with Gasteiger partial charge in [-0.25, -0.2) is 4.99 Å². The Bertz CT molecular complexity index is 762. The van der Waals surface area contributed by atoms with Crippen molar-refractivity contribution in [3.63, 3.8) is 0 Å². The summed E-state index contributed by atoms with van der Waals surface area (Å²) in [6.45, 7) is 0.479. The minimum atomic E-state index is -5.17. The average molecular weight is 325 g/mol. The molecular formula is C13H15N3O5S-2. The van der Waals surface area contributed by atoms with Gasteiger partial charge < -0.3 is 25.3 Å². The van der Waals surface area contributed by atoms with Gasteiger partial charge in [-0.2, -0.15) is 0 Å². The third-order valence-corrected chi connectivity index (χ3v) is 2.63. The highest BCUT2D eigenvalue weighted by atomic mass is 32.3. The van der Waals surface area contributed by atoms with Gasteiger partial charge in [0.15, 0.2) is 5.96 Å². The van der Waals surface area contributed by atoms with E-state index in [-0.39, 0.29) is 5.96 Å². The molecule has 0 spiro atoms. The zero-order valence-corrected chi connectivity index (χ0v) is 12.5. The zero-order valence-electron chi connectivity index (χ0n) is 11.7. The Balaban J connectivity index is 0.000000422. The van der Waals surface area contributed by atoms with Gasteiger partial charge in [-0.1, -0.05) is 30.3 Å². The van der Waals surface area contributed by atoms with Crippen LogP contribution < -0.4 is 16.2 Å². The summed E-state index contributed by atoms with van der Waals surface area (Å²) in [5.74, 6) is 0.957. The number of rotatable bonds is 3. The van der Waals surface area contributed by atoms with Gasteiger partial charge >= 0.3 is 0 Å². The molecule has 0 unspecified atom stereocenters. The zero-order chi connectivity index (χ0) is 16.8. The summed E-state index contributed by atoms with van der Waals surface area (Å²) >= 11 is 0. The van der Waals surface area contributed by atoms with Gasteiger partial charge in [0.1, 0.15) is 5.75 Å². The molecule has 8 nitrogen and oxygen atoms in total. The first-order valence-electron chi connectivity index (χ1n) is 5.99. The Kier molecular flexibility index (Phi) is 6.11. The van der Waals surface area contributed by atoms with Crippen molar-refractivity contribution in [1.82, 2.24) is 0 Å². The van der Waals surface area contributed by atoms with E-state index in [0.29, 0.717) is 6.54 Å². The molecule has 2 aromatic carbocycles. The van der Waals surface area contributed by atoms with Gasteiger partial charge in [-0.3, -0.25) is 8.42 Å². The van der Waals surface area contributed by atoms with Crippen LogP contribution in [-0.4, -0.2) is 30.6 Å². The highest BCUT2D eigenvalue weighted by molar-refractivity contribution is 7.79. The molecule has 0 aliphatic heterocycles. The summed E-state index contributed by atoms with van der Waals surface area (Å²) in [6, 6.07) is 11.9. The van der Waals surface area contributed by atoms with Crippen molar-refractivity contribution in [1.29, 1.82) is 0 Å². The van der Waals surface area contributed by atoms with Crippen LogP contribution in [0, 0.1) is 0 Å². The average Bonchev–Trinajstić information content (AvgIpc) is 2.42. The molecule has 9 heteroatoms. The molecule has 4 N–H and O–H groups in total. The normalized spacial score (nSPS) is 10.5. The van der Waals surface area contributed by atoms with Crippen LogP contribution in [0.3, 0.4) is 0 Å². The number of nitrogens with zero attached hydrogens (tertiary/aromatic N) is 1. The number of methoxy groups -OCH3 is 1. The monoisotopic (exact) mass is 325 g/mol. The summed E-state index contributed by atoms with van der Waals surface area (Å²) < 4.78 is 39.4. The van der Waals surface area contributed by atoms with E-state index in [9.17, 15) is 0 Å². The van der Waals surface area contributed by atoms with E-state index in [1.165, 1.54) is 0 Å². The first-order valence-corrected chi connectivity index (χ1v) is 7.32. The van der Waals surface area contributed by atoms with E-state index in [2.05, 4.69) is 4.99 Å². The van der Waals surface area contributed by atoms with E-state index in [0.717, 1.165) is 22.1 Å². The molecule has 120 valence electrons. The lowest BCUT2D eigenvalue weighted by Gasteiger charge is -2.08. The molecule has 0 bridgehead atoms. The molecule has 0 aliphatic rings. The molecule has 2 aromatic rings. The summed E-state index contributed by atoms with van der Waals surface area (Å²) in [5.41, 5.74) is 11.8. The third kappa shape index (κ3) is 5.95. The fraction of sp³-hybridized carbons (Fsp3) is 0.154. The molecule has 2 rings (SSSR count). The second kappa shape index (κ2) is 7.59. The molecule has 0 fully saturated rings. The first-order chi connectivity index (χ1) is 10.2. The summed E-state index contributed by atoms with van der Waals surface area (Å²) in [6.07, 6.45) is 0. The van der Waals surface area contributed by atoms with E-state index < -0.39 is 10.4 Å². The van der Waals surface area contributed by atoms with Crippen LogP contribution in [0.4, 0.5) is 0 Å². The highest BCUT2D eigenvalue weighted by Crippen LogP contribution is 2.28. The van der Waals surface area contributed by atoms with Gasteiger partial charge in [0.05, 0.1) is 13.7 Å². The molecule has 0 amide bonds. The fourth-order valence-electron chi connectivity index (χ4n) is 1.83. The first kappa shape index (κ1) is 17.7. The van der Waals surface area contributed by atoms with Crippen LogP contribution in [0.2, 0.25) is 0 Å². The third-order valence-electron chi connectivity index (χ3n) is 2.63. The number of fused-ring (bicyclic) bond motifs is 1. The number of nitrogens with two attached hydrogens (primary N) is 2. The van der Waals surface area contributed by atoms with Gasteiger partial charge in [0, 0.05) is 15.8 Å². The second-order valence-electron chi connectivity index (χ2n) is 4.12. The van der Waals surface area contributed by atoms with Crippen LogP contribution in [0.25, 0.3) is 10.8 Å². The highest BCUT2D eigenvalue weighted by Gasteiger charge is 2.05. The predicted octanol–water partition coefficient (Wildman–Crippen LogP) is 0.284. The molecule has 0 radical (unpaired) electrons.